The molecule has 0 aliphatic carbocycles. The first kappa shape index (κ1) is 20.1. The molecule has 0 radical (unpaired) electrons. The van der Waals surface area contributed by atoms with Gasteiger partial charge in [-0.2, -0.15) is 0 Å². The molecule has 138 valence electrons. The Morgan fingerprint density at radius 3 is 2.38 bits per heavy atom. The van der Waals surface area contributed by atoms with Crippen LogP contribution in [0.4, 0.5) is 4.39 Å². The summed E-state index contributed by atoms with van der Waals surface area (Å²) in [7, 11) is 0. The molecule has 1 amide bonds. The second-order valence-corrected chi connectivity index (χ2v) is 7.32. The number of amides is 1. The Labute approximate surface area is 158 Å². The molecule has 0 N–H and O–H groups in total. The summed E-state index contributed by atoms with van der Waals surface area (Å²) < 4.78 is 14.0. The van der Waals surface area contributed by atoms with E-state index in [4.69, 9.17) is 11.6 Å². The molecule has 0 aliphatic heterocycles. The average molecular weight is 376 g/mol. The second kappa shape index (κ2) is 8.00. The smallest absolute Gasteiger partial charge is 0.228 e. The van der Waals surface area contributed by atoms with Crippen LogP contribution < -0.4 is 0 Å². The highest BCUT2D eigenvalue weighted by atomic mass is 35.5. The standard InChI is InChI=1S/C21H23ClFNO2/c1-14(15(2)25)24(20(26)12-16-8-5-6-11-19(16)23)21(3,4)17-9-7-10-18(22)13-17/h5-11,13-14H,12H2,1-4H3. The van der Waals surface area contributed by atoms with Crippen LogP contribution in [-0.2, 0) is 21.5 Å². The van der Waals surface area contributed by atoms with E-state index in [1.807, 2.05) is 19.9 Å². The van der Waals surface area contributed by atoms with Gasteiger partial charge in [0, 0.05) is 5.02 Å². The lowest BCUT2D eigenvalue weighted by Gasteiger charge is -2.42. The summed E-state index contributed by atoms with van der Waals surface area (Å²) in [6.07, 6.45) is -0.117. The quantitative estimate of drug-likeness (QED) is 0.729. The van der Waals surface area contributed by atoms with E-state index in [2.05, 4.69) is 0 Å². The number of carbonyl (C=O) groups is 2. The van der Waals surface area contributed by atoms with Crippen molar-refractivity contribution in [3.63, 3.8) is 0 Å². The van der Waals surface area contributed by atoms with Gasteiger partial charge in [0.15, 0.2) is 5.78 Å². The molecule has 0 bridgehead atoms. The van der Waals surface area contributed by atoms with Gasteiger partial charge in [0.1, 0.15) is 5.82 Å². The van der Waals surface area contributed by atoms with Gasteiger partial charge in [0.25, 0.3) is 0 Å². The van der Waals surface area contributed by atoms with Crippen LogP contribution in [0, 0.1) is 5.82 Å². The van der Waals surface area contributed by atoms with Gasteiger partial charge >= 0.3 is 0 Å². The van der Waals surface area contributed by atoms with Crippen LogP contribution in [0.1, 0.15) is 38.8 Å². The Bertz CT molecular complexity index is 819. The van der Waals surface area contributed by atoms with E-state index in [-0.39, 0.29) is 18.1 Å². The first-order valence-electron chi connectivity index (χ1n) is 8.46. The van der Waals surface area contributed by atoms with Crippen LogP contribution in [-0.4, -0.2) is 22.6 Å². The summed E-state index contributed by atoms with van der Waals surface area (Å²) >= 11 is 6.11. The Balaban J connectivity index is 2.44. The summed E-state index contributed by atoms with van der Waals surface area (Å²) in [6, 6.07) is 12.7. The highest BCUT2D eigenvalue weighted by Gasteiger charge is 2.37. The molecule has 2 aromatic carbocycles. The van der Waals surface area contributed by atoms with Crippen LogP contribution >= 0.6 is 11.6 Å². The molecule has 0 saturated heterocycles. The lowest BCUT2D eigenvalue weighted by atomic mass is 9.89. The van der Waals surface area contributed by atoms with E-state index in [0.717, 1.165) is 5.56 Å². The normalized spacial score (nSPS) is 12.5. The monoisotopic (exact) mass is 375 g/mol. The summed E-state index contributed by atoms with van der Waals surface area (Å²) in [6.45, 7) is 6.85. The maximum absolute atomic E-state index is 14.0. The minimum absolute atomic E-state index is 0.117. The fourth-order valence-electron chi connectivity index (χ4n) is 3.09. The maximum atomic E-state index is 14.0. The molecule has 1 unspecified atom stereocenters. The number of halogens is 2. The van der Waals surface area contributed by atoms with Crippen LogP contribution in [0.15, 0.2) is 48.5 Å². The van der Waals surface area contributed by atoms with Crippen molar-refractivity contribution < 1.29 is 14.0 Å². The first-order chi connectivity index (χ1) is 12.1. The van der Waals surface area contributed by atoms with E-state index in [9.17, 15) is 14.0 Å². The molecule has 0 saturated carbocycles. The largest absolute Gasteiger partial charge is 0.323 e. The molecule has 2 aromatic rings. The average Bonchev–Trinajstić information content (AvgIpc) is 2.56. The molecule has 0 aliphatic rings. The van der Waals surface area contributed by atoms with Crippen LogP contribution in [0.25, 0.3) is 0 Å². The number of Topliss-reactive ketones (excluding diaryl/α,β-unsaturated/α-hetero) is 1. The fourth-order valence-corrected chi connectivity index (χ4v) is 3.28. The molecule has 5 heteroatoms. The predicted octanol–water partition coefficient (Wildman–Crippen LogP) is 4.76. The maximum Gasteiger partial charge on any atom is 0.228 e. The van der Waals surface area contributed by atoms with Crippen molar-refractivity contribution in [1.82, 2.24) is 4.90 Å². The number of carbonyl (C=O) groups excluding carboxylic acids is 2. The van der Waals surface area contributed by atoms with Crippen LogP contribution in [0.3, 0.4) is 0 Å². The first-order valence-corrected chi connectivity index (χ1v) is 8.84. The van der Waals surface area contributed by atoms with Gasteiger partial charge in [0.2, 0.25) is 5.91 Å². The Kier molecular flexibility index (Phi) is 6.19. The van der Waals surface area contributed by atoms with Gasteiger partial charge in [0.05, 0.1) is 18.0 Å². The van der Waals surface area contributed by atoms with Crippen molar-refractivity contribution in [2.75, 3.05) is 0 Å². The summed E-state index contributed by atoms with van der Waals surface area (Å²) in [5.74, 6) is -0.887. The second-order valence-electron chi connectivity index (χ2n) is 6.89. The Morgan fingerprint density at radius 2 is 1.81 bits per heavy atom. The Morgan fingerprint density at radius 1 is 1.15 bits per heavy atom. The van der Waals surface area contributed by atoms with E-state index in [0.29, 0.717) is 10.6 Å². The number of benzene rings is 2. The fraction of sp³-hybridized carbons (Fsp3) is 0.333. The van der Waals surface area contributed by atoms with Crippen molar-refractivity contribution in [1.29, 1.82) is 0 Å². The third kappa shape index (κ3) is 4.31. The number of rotatable bonds is 6. The van der Waals surface area contributed by atoms with Gasteiger partial charge in [-0.25, -0.2) is 4.39 Å². The van der Waals surface area contributed by atoms with E-state index >= 15 is 0 Å². The van der Waals surface area contributed by atoms with Gasteiger partial charge in [-0.1, -0.05) is 41.9 Å². The predicted molar refractivity (Wildman–Crippen MR) is 102 cm³/mol. The summed E-state index contributed by atoms with van der Waals surface area (Å²) in [5, 5.41) is 0.549. The van der Waals surface area contributed by atoms with Crippen molar-refractivity contribution >= 4 is 23.3 Å². The van der Waals surface area contributed by atoms with Crippen LogP contribution in [0.2, 0.25) is 5.02 Å². The highest BCUT2D eigenvalue weighted by Crippen LogP contribution is 2.32. The van der Waals surface area contributed by atoms with Gasteiger partial charge in [-0.15, -0.1) is 0 Å². The van der Waals surface area contributed by atoms with E-state index in [1.54, 1.807) is 43.3 Å². The van der Waals surface area contributed by atoms with Crippen molar-refractivity contribution in [3.05, 3.63) is 70.5 Å². The van der Waals surface area contributed by atoms with Crippen molar-refractivity contribution in [2.24, 2.45) is 0 Å². The minimum Gasteiger partial charge on any atom is -0.323 e. The minimum atomic E-state index is -0.793. The third-order valence-electron chi connectivity index (χ3n) is 4.68. The van der Waals surface area contributed by atoms with Crippen molar-refractivity contribution in [3.8, 4) is 0 Å². The molecule has 26 heavy (non-hydrogen) atoms. The van der Waals surface area contributed by atoms with Crippen LogP contribution in [0.5, 0.6) is 0 Å². The highest BCUT2D eigenvalue weighted by molar-refractivity contribution is 6.30. The molecular weight excluding hydrogens is 353 g/mol. The molecular formula is C21H23ClFNO2. The zero-order chi connectivity index (χ0) is 19.5. The zero-order valence-electron chi connectivity index (χ0n) is 15.4. The lowest BCUT2D eigenvalue weighted by Crippen LogP contribution is -2.53. The number of ketones is 1. The lowest BCUT2D eigenvalue weighted by molar-refractivity contribution is -0.144. The van der Waals surface area contributed by atoms with E-state index in [1.165, 1.54) is 17.9 Å². The third-order valence-corrected chi connectivity index (χ3v) is 4.91. The van der Waals surface area contributed by atoms with Gasteiger partial charge in [-0.05, 0) is 57.0 Å². The molecule has 3 nitrogen and oxygen atoms in total. The molecule has 0 aromatic heterocycles. The SMILES string of the molecule is CC(=O)C(C)N(C(=O)Cc1ccccc1F)C(C)(C)c1cccc(Cl)c1. The molecule has 1 atom stereocenters. The molecule has 0 spiro atoms. The van der Waals surface area contributed by atoms with E-state index < -0.39 is 17.4 Å². The molecule has 0 heterocycles. The van der Waals surface area contributed by atoms with Gasteiger partial charge < -0.3 is 4.90 Å². The topological polar surface area (TPSA) is 37.4 Å². The summed E-state index contributed by atoms with van der Waals surface area (Å²) in [5.41, 5.74) is 0.318. The van der Waals surface area contributed by atoms with Gasteiger partial charge in [-0.3, -0.25) is 9.59 Å². The summed E-state index contributed by atoms with van der Waals surface area (Å²) in [4.78, 5) is 26.7. The number of hydrogen-bond acceptors (Lipinski definition) is 2. The molecule has 0 fully saturated rings. The Hall–Kier alpha value is -2.20. The molecule has 2 rings (SSSR count). The van der Waals surface area contributed by atoms with Crippen molar-refractivity contribution in [2.45, 2.75) is 45.7 Å². The number of nitrogens with zero attached hydrogens (tertiary/aromatic N) is 1. The zero-order valence-corrected chi connectivity index (χ0v) is 16.2. The number of hydrogen-bond donors (Lipinski definition) is 0.